The van der Waals surface area contributed by atoms with Gasteiger partial charge in [-0.3, -0.25) is 0 Å². The molecule has 3 nitrogen and oxygen atoms in total. The van der Waals surface area contributed by atoms with Gasteiger partial charge in [0.2, 0.25) is 0 Å². The molecule has 0 aliphatic rings. The number of hydrogen-bond donors (Lipinski definition) is 0. The van der Waals surface area contributed by atoms with Crippen molar-refractivity contribution >= 4 is 6.08 Å². The highest BCUT2D eigenvalue weighted by atomic mass is 15.3. The van der Waals surface area contributed by atoms with E-state index in [2.05, 4.69) is 23.9 Å². The first-order valence-electron chi connectivity index (χ1n) is 3.75. The highest BCUT2D eigenvalue weighted by Crippen LogP contribution is 2.04. The van der Waals surface area contributed by atoms with Gasteiger partial charge in [-0.2, -0.15) is 5.10 Å². The Hall–Kier alpha value is -1.12. The monoisotopic (exact) mass is 151 g/mol. The van der Waals surface area contributed by atoms with Gasteiger partial charge in [0, 0.05) is 7.05 Å². The fourth-order valence-corrected chi connectivity index (χ4v) is 0.758. The summed E-state index contributed by atoms with van der Waals surface area (Å²) >= 11 is 0. The second-order valence-corrected chi connectivity index (χ2v) is 2.59. The minimum absolute atomic E-state index is 0.921. The van der Waals surface area contributed by atoms with E-state index >= 15 is 0 Å². The highest BCUT2D eigenvalue weighted by Gasteiger charge is 1.94. The predicted octanol–water partition coefficient (Wildman–Crippen LogP) is 1.63. The largest absolute Gasteiger partial charge is 0.249 e. The molecule has 0 aliphatic heterocycles. The zero-order valence-electron chi connectivity index (χ0n) is 7.20. The Morgan fingerprint density at radius 3 is 2.91 bits per heavy atom. The first kappa shape index (κ1) is 7.98. The second-order valence-electron chi connectivity index (χ2n) is 2.59. The van der Waals surface area contributed by atoms with Crippen molar-refractivity contribution in [1.29, 1.82) is 0 Å². The maximum atomic E-state index is 4.08. The number of allylic oxidation sites excluding steroid dienone is 1. The third-order valence-corrected chi connectivity index (χ3v) is 1.68. The molecule has 0 fully saturated rings. The molecular formula is C8H13N3. The SMILES string of the molecule is CC/C(C)=C\c1ncnn1C. The molecule has 0 N–H and O–H groups in total. The minimum atomic E-state index is 0.921. The summed E-state index contributed by atoms with van der Waals surface area (Å²) in [6.45, 7) is 4.22. The van der Waals surface area contributed by atoms with Crippen LogP contribution in [-0.2, 0) is 7.05 Å². The lowest BCUT2D eigenvalue weighted by atomic mass is 10.2. The Bertz CT molecular complexity index is 260. The number of aromatic nitrogens is 3. The molecule has 1 rings (SSSR count). The summed E-state index contributed by atoms with van der Waals surface area (Å²) < 4.78 is 1.76. The molecule has 0 spiro atoms. The van der Waals surface area contributed by atoms with Gasteiger partial charge in [-0.1, -0.05) is 12.5 Å². The van der Waals surface area contributed by atoms with E-state index in [4.69, 9.17) is 0 Å². The fourth-order valence-electron chi connectivity index (χ4n) is 0.758. The van der Waals surface area contributed by atoms with Crippen molar-refractivity contribution in [2.24, 2.45) is 7.05 Å². The van der Waals surface area contributed by atoms with Gasteiger partial charge in [-0.05, 0) is 19.4 Å². The molecule has 0 aliphatic carbocycles. The van der Waals surface area contributed by atoms with E-state index in [0.29, 0.717) is 0 Å². The summed E-state index contributed by atoms with van der Waals surface area (Å²) in [4.78, 5) is 4.08. The quantitative estimate of drug-likeness (QED) is 0.643. The van der Waals surface area contributed by atoms with Gasteiger partial charge < -0.3 is 0 Å². The zero-order chi connectivity index (χ0) is 8.27. The highest BCUT2D eigenvalue weighted by molar-refractivity contribution is 5.43. The summed E-state index contributed by atoms with van der Waals surface area (Å²) in [6, 6.07) is 0. The van der Waals surface area contributed by atoms with Gasteiger partial charge in [0.15, 0.2) is 0 Å². The molecule has 0 unspecified atom stereocenters. The Balaban J connectivity index is 2.86. The van der Waals surface area contributed by atoms with E-state index in [0.717, 1.165) is 12.2 Å². The normalized spacial score (nSPS) is 12.1. The zero-order valence-corrected chi connectivity index (χ0v) is 7.20. The molecule has 0 saturated heterocycles. The number of aryl methyl sites for hydroxylation is 1. The Morgan fingerprint density at radius 1 is 1.73 bits per heavy atom. The topological polar surface area (TPSA) is 30.7 Å². The van der Waals surface area contributed by atoms with Crippen LogP contribution in [0.5, 0.6) is 0 Å². The van der Waals surface area contributed by atoms with Crippen LogP contribution in [0.15, 0.2) is 11.9 Å². The van der Waals surface area contributed by atoms with E-state index in [1.54, 1.807) is 11.0 Å². The van der Waals surface area contributed by atoms with Crippen LogP contribution in [0.2, 0.25) is 0 Å². The molecule has 1 aromatic rings. The maximum absolute atomic E-state index is 4.08. The van der Waals surface area contributed by atoms with E-state index in [9.17, 15) is 0 Å². The van der Waals surface area contributed by atoms with Gasteiger partial charge in [-0.25, -0.2) is 9.67 Å². The molecule has 1 aromatic heterocycles. The predicted molar refractivity (Wildman–Crippen MR) is 44.9 cm³/mol. The Morgan fingerprint density at radius 2 is 2.45 bits per heavy atom. The Kier molecular flexibility index (Phi) is 2.41. The van der Waals surface area contributed by atoms with Crippen molar-refractivity contribution in [3.8, 4) is 0 Å². The first-order chi connectivity index (χ1) is 5.24. The van der Waals surface area contributed by atoms with Gasteiger partial charge in [0.05, 0.1) is 0 Å². The number of nitrogens with zero attached hydrogens (tertiary/aromatic N) is 3. The summed E-state index contributed by atoms with van der Waals surface area (Å²) in [6.07, 6.45) is 4.68. The molecule has 0 atom stereocenters. The molecular weight excluding hydrogens is 138 g/mol. The third-order valence-electron chi connectivity index (χ3n) is 1.68. The number of hydrogen-bond acceptors (Lipinski definition) is 2. The van der Waals surface area contributed by atoms with E-state index in [1.807, 2.05) is 13.1 Å². The van der Waals surface area contributed by atoms with Crippen LogP contribution in [0.3, 0.4) is 0 Å². The lowest BCUT2D eigenvalue weighted by molar-refractivity contribution is 0.755. The van der Waals surface area contributed by atoms with Gasteiger partial charge in [-0.15, -0.1) is 0 Å². The van der Waals surface area contributed by atoms with Gasteiger partial charge >= 0.3 is 0 Å². The minimum Gasteiger partial charge on any atom is -0.249 e. The smallest absolute Gasteiger partial charge is 0.150 e. The molecule has 0 saturated carbocycles. The standard InChI is InChI=1S/C8H13N3/c1-4-7(2)5-8-9-6-10-11(8)3/h5-6H,4H2,1-3H3/b7-5-. The van der Waals surface area contributed by atoms with Gasteiger partial charge in [0.1, 0.15) is 12.2 Å². The van der Waals surface area contributed by atoms with Crippen LogP contribution < -0.4 is 0 Å². The molecule has 0 radical (unpaired) electrons. The molecule has 11 heavy (non-hydrogen) atoms. The molecule has 60 valence electrons. The summed E-state index contributed by atoms with van der Waals surface area (Å²) in [7, 11) is 1.89. The molecule has 0 bridgehead atoms. The molecule has 1 heterocycles. The molecule has 0 aromatic carbocycles. The van der Waals surface area contributed by atoms with Crippen molar-refractivity contribution in [2.75, 3.05) is 0 Å². The fraction of sp³-hybridized carbons (Fsp3) is 0.500. The van der Waals surface area contributed by atoms with Crippen LogP contribution in [-0.4, -0.2) is 14.8 Å². The van der Waals surface area contributed by atoms with E-state index < -0.39 is 0 Å². The van der Waals surface area contributed by atoms with Crippen molar-refractivity contribution in [3.05, 3.63) is 17.7 Å². The van der Waals surface area contributed by atoms with Crippen molar-refractivity contribution in [2.45, 2.75) is 20.3 Å². The molecule has 3 heteroatoms. The average molecular weight is 151 g/mol. The molecule has 0 amide bonds. The average Bonchev–Trinajstić information content (AvgIpc) is 2.37. The Labute approximate surface area is 66.8 Å². The van der Waals surface area contributed by atoms with Crippen molar-refractivity contribution in [1.82, 2.24) is 14.8 Å². The summed E-state index contributed by atoms with van der Waals surface area (Å²) in [5.74, 6) is 0.921. The number of rotatable bonds is 2. The first-order valence-corrected chi connectivity index (χ1v) is 3.75. The van der Waals surface area contributed by atoms with Crippen molar-refractivity contribution in [3.63, 3.8) is 0 Å². The second kappa shape index (κ2) is 3.32. The summed E-state index contributed by atoms with van der Waals surface area (Å²) in [5.41, 5.74) is 1.32. The maximum Gasteiger partial charge on any atom is 0.150 e. The van der Waals surface area contributed by atoms with Crippen LogP contribution >= 0.6 is 0 Å². The van der Waals surface area contributed by atoms with E-state index in [1.165, 1.54) is 5.57 Å². The summed E-state index contributed by atoms with van der Waals surface area (Å²) in [5, 5.41) is 3.96. The van der Waals surface area contributed by atoms with Gasteiger partial charge in [0.25, 0.3) is 0 Å². The third kappa shape index (κ3) is 1.90. The lowest BCUT2D eigenvalue weighted by Gasteiger charge is -1.94. The van der Waals surface area contributed by atoms with Crippen LogP contribution in [0.25, 0.3) is 6.08 Å². The van der Waals surface area contributed by atoms with E-state index in [-0.39, 0.29) is 0 Å². The lowest BCUT2D eigenvalue weighted by Crippen LogP contribution is -1.93. The van der Waals surface area contributed by atoms with Crippen LogP contribution in [0.4, 0.5) is 0 Å². The van der Waals surface area contributed by atoms with Crippen LogP contribution in [0, 0.1) is 0 Å². The van der Waals surface area contributed by atoms with Crippen molar-refractivity contribution < 1.29 is 0 Å². The van der Waals surface area contributed by atoms with Crippen LogP contribution in [0.1, 0.15) is 26.1 Å².